The fraction of sp³-hybridized carbons (Fsp3) is 0.269. The smallest absolute Gasteiger partial charge is 0.241 e. The van der Waals surface area contributed by atoms with Crippen molar-refractivity contribution < 1.29 is 17.9 Å². The van der Waals surface area contributed by atoms with Gasteiger partial charge in [0.2, 0.25) is 15.9 Å². The summed E-state index contributed by atoms with van der Waals surface area (Å²) in [6, 6.07) is 20.4. The summed E-state index contributed by atoms with van der Waals surface area (Å²) < 4.78 is 34.1. The highest BCUT2D eigenvalue weighted by Gasteiger charge is 2.29. The van der Waals surface area contributed by atoms with Crippen LogP contribution in [-0.2, 0) is 27.7 Å². The number of fused-ring (bicyclic) bond motifs is 1. The van der Waals surface area contributed by atoms with Gasteiger partial charge in [0, 0.05) is 0 Å². The Kier molecular flexibility index (Phi) is 7.56. The van der Waals surface area contributed by atoms with Crippen LogP contribution in [0.5, 0.6) is 5.75 Å². The molecule has 2 atom stereocenters. The monoisotopic (exact) mass is 498 g/mol. The van der Waals surface area contributed by atoms with Crippen molar-refractivity contribution in [3.05, 3.63) is 94.5 Å². The molecule has 8 heteroatoms. The highest BCUT2D eigenvalue weighted by Crippen LogP contribution is 2.30. The summed E-state index contributed by atoms with van der Waals surface area (Å²) in [5.74, 6) is 0.00361. The molecule has 0 fully saturated rings. The zero-order chi connectivity index (χ0) is 24.1. The van der Waals surface area contributed by atoms with E-state index in [2.05, 4.69) is 16.1 Å². The van der Waals surface area contributed by atoms with Crippen molar-refractivity contribution in [2.45, 2.75) is 42.7 Å². The number of methoxy groups -OCH3 is 1. The maximum atomic E-state index is 13.4. The Balaban J connectivity index is 1.59. The lowest BCUT2D eigenvalue weighted by Crippen LogP contribution is -2.49. The van der Waals surface area contributed by atoms with Gasteiger partial charge in [-0.05, 0) is 60.6 Å². The topological polar surface area (TPSA) is 84.5 Å². The number of aryl methyl sites for hydroxylation is 1. The van der Waals surface area contributed by atoms with Crippen molar-refractivity contribution in [2.75, 3.05) is 7.11 Å². The number of rotatable bonds is 8. The molecule has 0 spiro atoms. The molecule has 1 aliphatic carbocycles. The molecular formula is C26H27ClN2O4S. The normalized spacial score (nSPS) is 16.4. The molecule has 1 aliphatic rings. The Bertz CT molecular complexity index is 1260. The van der Waals surface area contributed by atoms with Gasteiger partial charge in [0.1, 0.15) is 11.8 Å². The van der Waals surface area contributed by atoms with Crippen LogP contribution in [0.3, 0.4) is 0 Å². The van der Waals surface area contributed by atoms with Crippen molar-refractivity contribution >= 4 is 27.5 Å². The Morgan fingerprint density at radius 2 is 1.82 bits per heavy atom. The summed E-state index contributed by atoms with van der Waals surface area (Å²) in [6.45, 7) is 0. The van der Waals surface area contributed by atoms with Crippen LogP contribution in [0.25, 0.3) is 0 Å². The largest absolute Gasteiger partial charge is 0.495 e. The lowest BCUT2D eigenvalue weighted by Gasteiger charge is -2.28. The third kappa shape index (κ3) is 5.60. The second-order valence-corrected chi connectivity index (χ2v) is 10.4. The minimum Gasteiger partial charge on any atom is -0.495 e. The molecular weight excluding hydrogens is 472 g/mol. The van der Waals surface area contributed by atoms with Crippen molar-refractivity contribution in [1.82, 2.24) is 10.0 Å². The Hall–Kier alpha value is -2.87. The average Bonchev–Trinajstić information content (AvgIpc) is 2.84. The van der Waals surface area contributed by atoms with E-state index in [0.717, 1.165) is 30.4 Å². The van der Waals surface area contributed by atoms with E-state index in [1.54, 1.807) is 0 Å². The number of halogens is 1. The number of carbonyl (C=O) groups is 1. The van der Waals surface area contributed by atoms with Crippen LogP contribution in [0, 0.1) is 0 Å². The van der Waals surface area contributed by atoms with Crippen molar-refractivity contribution in [1.29, 1.82) is 0 Å². The lowest BCUT2D eigenvalue weighted by molar-refractivity contribution is -0.123. The highest BCUT2D eigenvalue weighted by molar-refractivity contribution is 7.89. The van der Waals surface area contributed by atoms with Crippen LogP contribution in [0.15, 0.2) is 77.7 Å². The second kappa shape index (κ2) is 10.6. The molecule has 6 nitrogen and oxygen atoms in total. The van der Waals surface area contributed by atoms with E-state index < -0.39 is 16.1 Å². The third-order valence-electron chi connectivity index (χ3n) is 6.02. The molecule has 0 saturated heterocycles. The maximum Gasteiger partial charge on any atom is 0.241 e. The number of benzene rings is 3. The number of amides is 1. The summed E-state index contributed by atoms with van der Waals surface area (Å²) >= 11 is 6.14. The summed E-state index contributed by atoms with van der Waals surface area (Å²) in [7, 11) is -2.57. The molecule has 34 heavy (non-hydrogen) atoms. The van der Waals surface area contributed by atoms with Crippen molar-refractivity contribution in [3.8, 4) is 5.75 Å². The maximum absolute atomic E-state index is 13.4. The van der Waals surface area contributed by atoms with E-state index in [4.69, 9.17) is 16.3 Å². The van der Waals surface area contributed by atoms with Crippen LogP contribution in [0.1, 0.15) is 35.6 Å². The fourth-order valence-electron chi connectivity index (χ4n) is 4.28. The van der Waals surface area contributed by atoms with Gasteiger partial charge in [0.05, 0.1) is 23.1 Å². The number of nitrogens with one attached hydrogen (secondary N) is 2. The first-order chi connectivity index (χ1) is 16.4. The minimum absolute atomic E-state index is 0.0350. The minimum atomic E-state index is -4.02. The molecule has 178 valence electrons. The molecule has 3 aromatic rings. The van der Waals surface area contributed by atoms with Crippen LogP contribution >= 0.6 is 11.6 Å². The van der Waals surface area contributed by atoms with E-state index in [9.17, 15) is 13.2 Å². The van der Waals surface area contributed by atoms with Gasteiger partial charge in [-0.3, -0.25) is 4.79 Å². The first-order valence-corrected chi connectivity index (χ1v) is 13.0. The molecule has 3 aromatic carbocycles. The van der Waals surface area contributed by atoms with Gasteiger partial charge in [-0.1, -0.05) is 66.2 Å². The first-order valence-electron chi connectivity index (χ1n) is 11.2. The summed E-state index contributed by atoms with van der Waals surface area (Å²) in [4.78, 5) is 13.4. The van der Waals surface area contributed by atoms with Crippen LogP contribution in [0.2, 0.25) is 5.02 Å². The standard InChI is InChI=1S/C26H27ClN2O4S/c1-33-25-15-14-20(17-22(25)27)34(31,32)29-24(16-18-8-3-2-4-9-18)26(30)28-23-13-7-11-19-10-5-6-12-21(19)23/h2-6,8-10,12,14-15,17,23-24,29H,7,11,13,16H2,1H3,(H,28,30)/t23-,24+/m1/s1. The van der Waals surface area contributed by atoms with E-state index in [1.165, 1.54) is 30.9 Å². The van der Waals surface area contributed by atoms with Crippen molar-refractivity contribution in [2.24, 2.45) is 0 Å². The average molecular weight is 499 g/mol. The number of carbonyl (C=O) groups excluding carboxylic acids is 1. The quantitative estimate of drug-likeness (QED) is 0.481. The lowest BCUT2D eigenvalue weighted by atomic mass is 9.87. The number of sulfonamides is 1. The summed E-state index contributed by atoms with van der Waals surface area (Å²) in [5, 5.41) is 3.26. The highest BCUT2D eigenvalue weighted by atomic mass is 35.5. The van der Waals surface area contributed by atoms with E-state index in [0.29, 0.717) is 5.75 Å². The zero-order valence-electron chi connectivity index (χ0n) is 18.8. The molecule has 1 amide bonds. The zero-order valence-corrected chi connectivity index (χ0v) is 20.4. The van der Waals surface area contributed by atoms with Crippen LogP contribution in [0.4, 0.5) is 0 Å². The Morgan fingerprint density at radius 3 is 2.56 bits per heavy atom. The summed E-state index contributed by atoms with van der Waals surface area (Å²) in [5.41, 5.74) is 3.15. The third-order valence-corrected chi connectivity index (χ3v) is 7.78. The second-order valence-electron chi connectivity index (χ2n) is 8.31. The molecule has 0 aromatic heterocycles. The van der Waals surface area contributed by atoms with Gasteiger partial charge in [-0.15, -0.1) is 0 Å². The fourth-order valence-corrected chi connectivity index (χ4v) is 5.83. The predicted octanol–water partition coefficient (Wildman–Crippen LogP) is 4.43. The number of hydrogen-bond donors (Lipinski definition) is 2. The van der Waals surface area contributed by atoms with Gasteiger partial charge in [0.15, 0.2) is 0 Å². The molecule has 0 bridgehead atoms. The molecule has 0 heterocycles. The first kappa shape index (κ1) is 24.3. The van der Waals surface area contributed by atoms with E-state index >= 15 is 0 Å². The molecule has 0 aliphatic heterocycles. The van der Waals surface area contributed by atoms with Crippen LogP contribution in [-0.4, -0.2) is 27.5 Å². The summed E-state index contributed by atoms with van der Waals surface area (Å²) in [6.07, 6.45) is 2.95. The number of ether oxygens (including phenoxy) is 1. The Labute approximate surface area is 205 Å². The van der Waals surface area contributed by atoms with E-state index in [1.807, 2.05) is 48.5 Å². The van der Waals surface area contributed by atoms with E-state index in [-0.39, 0.29) is 28.3 Å². The SMILES string of the molecule is COc1ccc(S(=O)(=O)N[C@@H](Cc2ccccc2)C(=O)N[C@@H]2CCCc3ccccc32)cc1Cl. The molecule has 0 radical (unpaired) electrons. The van der Waals surface area contributed by atoms with Gasteiger partial charge >= 0.3 is 0 Å². The predicted molar refractivity (Wildman–Crippen MR) is 133 cm³/mol. The van der Waals surface area contributed by atoms with Gasteiger partial charge in [-0.25, -0.2) is 8.42 Å². The van der Waals surface area contributed by atoms with Gasteiger partial charge < -0.3 is 10.1 Å². The Morgan fingerprint density at radius 1 is 1.09 bits per heavy atom. The van der Waals surface area contributed by atoms with Gasteiger partial charge in [-0.2, -0.15) is 4.72 Å². The molecule has 0 saturated carbocycles. The van der Waals surface area contributed by atoms with Crippen molar-refractivity contribution in [3.63, 3.8) is 0 Å². The molecule has 4 rings (SSSR count). The molecule has 2 N–H and O–H groups in total. The number of hydrogen-bond acceptors (Lipinski definition) is 4. The molecule has 0 unspecified atom stereocenters. The van der Waals surface area contributed by atoms with Gasteiger partial charge in [0.25, 0.3) is 0 Å². The van der Waals surface area contributed by atoms with Crippen LogP contribution < -0.4 is 14.8 Å².